The van der Waals surface area contributed by atoms with E-state index < -0.39 is 0 Å². The SMILES string of the molecule is CCCCCCC1(CCCCCC)c2ccc(Br)cc2-c2c1c1c(c3c2C(CCCCCC)(CCCCCC)c2ccc(Br)cc2-3)C(CCCCCC)(CCCCCC)c2ccc(Br)cc2-1. The molecule has 66 heavy (non-hydrogen) atoms. The average molecular weight is 1080 g/mol. The molecule has 3 aliphatic carbocycles. The molecule has 0 fully saturated rings. The Labute approximate surface area is 429 Å². The summed E-state index contributed by atoms with van der Waals surface area (Å²) in [6, 6.07) is 23.0. The first-order chi connectivity index (χ1) is 32.2. The molecule has 0 saturated heterocycles. The Hall–Kier alpha value is -1.68. The van der Waals surface area contributed by atoms with Crippen molar-refractivity contribution in [3.63, 3.8) is 0 Å². The van der Waals surface area contributed by atoms with Crippen LogP contribution in [0, 0.1) is 0 Å². The van der Waals surface area contributed by atoms with E-state index in [9.17, 15) is 0 Å². The highest BCUT2D eigenvalue weighted by Crippen LogP contribution is 2.71. The molecule has 4 aromatic rings. The molecule has 0 heterocycles. The predicted molar refractivity (Wildman–Crippen MR) is 301 cm³/mol. The summed E-state index contributed by atoms with van der Waals surface area (Å²) in [6.45, 7) is 14.3. The fraction of sp³-hybridized carbons (Fsp3) is 0.619. The van der Waals surface area contributed by atoms with Gasteiger partial charge in [-0.3, -0.25) is 0 Å². The minimum atomic E-state index is -0.0302. The molecule has 0 unspecified atom stereocenters. The minimum absolute atomic E-state index is 0.0302. The predicted octanol–water partition coefficient (Wildman–Crippen LogP) is 22.6. The summed E-state index contributed by atoms with van der Waals surface area (Å²) in [6.07, 6.45) is 38.7. The zero-order valence-corrected chi connectivity index (χ0v) is 47.3. The van der Waals surface area contributed by atoms with E-state index in [1.165, 1.54) is 206 Å². The van der Waals surface area contributed by atoms with Crippen molar-refractivity contribution >= 4 is 47.8 Å². The topological polar surface area (TPSA) is 0 Å². The lowest BCUT2D eigenvalue weighted by atomic mass is 9.63. The Morgan fingerprint density at radius 1 is 0.288 bits per heavy atom. The summed E-state index contributed by atoms with van der Waals surface area (Å²) in [5.41, 5.74) is 19.8. The van der Waals surface area contributed by atoms with E-state index in [2.05, 4.69) is 144 Å². The second-order valence-electron chi connectivity index (χ2n) is 21.4. The summed E-state index contributed by atoms with van der Waals surface area (Å²) < 4.78 is 3.69. The molecule has 0 N–H and O–H groups in total. The van der Waals surface area contributed by atoms with Crippen molar-refractivity contribution in [1.29, 1.82) is 0 Å². The highest BCUT2D eigenvalue weighted by Gasteiger charge is 2.57. The van der Waals surface area contributed by atoms with E-state index in [1.807, 2.05) is 0 Å². The van der Waals surface area contributed by atoms with Gasteiger partial charge in [-0.15, -0.1) is 0 Å². The van der Waals surface area contributed by atoms with Gasteiger partial charge in [-0.25, -0.2) is 0 Å². The second kappa shape index (κ2) is 24.4. The maximum Gasteiger partial charge on any atom is 0.0221 e. The van der Waals surface area contributed by atoms with Crippen molar-refractivity contribution in [2.75, 3.05) is 0 Å². The lowest BCUT2D eigenvalue weighted by Crippen LogP contribution is -2.31. The summed E-state index contributed by atoms with van der Waals surface area (Å²) in [5.74, 6) is 0. The maximum absolute atomic E-state index is 4.15. The molecule has 0 bridgehead atoms. The van der Waals surface area contributed by atoms with Gasteiger partial charge in [0.25, 0.3) is 0 Å². The zero-order chi connectivity index (χ0) is 46.7. The number of hydrogen-bond donors (Lipinski definition) is 0. The molecule has 360 valence electrons. The first kappa shape index (κ1) is 52.2. The molecule has 0 radical (unpaired) electrons. The van der Waals surface area contributed by atoms with Crippen molar-refractivity contribution in [1.82, 2.24) is 0 Å². The molecule has 0 spiro atoms. The van der Waals surface area contributed by atoms with Crippen LogP contribution in [0.3, 0.4) is 0 Å². The highest BCUT2D eigenvalue weighted by molar-refractivity contribution is 9.11. The number of hydrogen-bond acceptors (Lipinski definition) is 0. The normalized spacial score (nSPS) is 15.4. The Morgan fingerprint density at radius 3 is 0.697 bits per heavy atom. The van der Waals surface area contributed by atoms with Gasteiger partial charge in [0.2, 0.25) is 0 Å². The lowest BCUT2D eigenvalue weighted by Gasteiger charge is -2.39. The monoisotopic (exact) mass is 1080 g/mol. The van der Waals surface area contributed by atoms with E-state index in [1.54, 1.807) is 66.8 Å². The molecule has 4 aromatic carbocycles. The van der Waals surface area contributed by atoms with Gasteiger partial charge in [-0.2, -0.15) is 0 Å². The number of halogens is 3. The Balaban J connectivity index is 1.70. The molecule has 0 nitrogen and oxygen atoms in total. The largest absolute Gasteiger partial charge is 0.0654 e. The van der Waals surface area contributed by atoms with Crippen LogP contribution in [-0.4, -0.2) is 0 Å². The fourth-order valence-corrected chi connectivity index (χ4v) is 15.0. The first-order valence-corrected chi connectivity index (χ1v) is 30.3. The van der Waals surface area contributed by atoms with E-state index in [0.717, 1.165) is 0 Å². The summed E-state index contributed by atoms with van der Waals surface area (Å²) in [4.78, 5) is 0. The van der Waals surface area contributed by atoms with Crippen molar-refractivity contribution in [2.24, 2.45) is 0 Å². The van der Waals surface area contributed by atoms with Crippen LogP contribution in [0.1, 0.15) is 268 Å². The van der Waals surface area contributed by atoms with Crippen molar-refractivity contribution < 1.29 is 0 Å². The third kappa shape index (κ3) is 10.2. The van der Waals surface area contributed by atoms with Crippen LogP contribution in [-0.2, 0) is 16.2 Å². The molecule has 0 saturated carbocycles. The van der Waals surface area contributed by atoms with Crippen molar-refractivity contribution in [2.45, 2.75) is 250 Å². The van der Waals surface area contributed by atoms with Gasteiger partial charge in [-0.1, -0.05) is 262 Å². The van der Waals surface area contributed by atoms with Gasteiger partial charge in [0.15, 0.2) is 0 Å². The minimum Gasteiger partial charge on any atom is -0.0654 e. The summed E-state index contributed by atoms with van der Waals surface area (Å²) in [7, 11) is 0. The molecular weight excluding hydrogens is 996 g/mol. The van der Waals surface area contributed by atoms with Gasteiger partial charge in [-0.05, 0) is 142 Å². The van der Waals surface area contributed by atoms with Crippen LogP contribution < -0.4 is 0 Å². The smallest absolute Gasteiger partial charge is 0.0221 e. The zero-order valence-electron chi connectivity index (χ0n) is 42.5. The van der Waals surface area contributed by atoms with E-state index in [4.69, 9.17) is 0 Å². The van der Waals surface area contributed by atoms with E-state index in [-0.39, 0.29) is 16.2 Å². The molecule has 0 aromatic heterocycles. The van der Waals surface area contributed by atoms with Crippen LogP contribution in [0.5, 0.6) is 0 Å². The maximum atomic E-state index is 4.15. The van der Waals surface area contributed by atoms with Crippen molar-refractivity contribution in [3.8, 4) is 33.4 Å². The molecule has 0 aliphatic heterocycles. The second-order valence-corrected chi connectivity index (χ2v) is 24.2. The highest BCUT2D eigenvalue weighted by atomic mass is 79.9. The van der Waals surface area contributed by atoms with E-state index >= 15 is 0 Å². The van der Waals surface area contributed by atoms with Gasteiger partial charge < -0.3 is 0 Å². The molecule has 0 amide bonds. The molecule has 3 aliphatic rings. The Bertz CT molecular complexity index is 1900. The summed E-state index contributed by atoms with van der Waals surface area (Å²) in [5, 5.41) is 0. The van der Waals surface area contributed by atoms with E-state index in [0.29, 0.717) is 0 Å². The Kier molecular flexibility index (Phi) is 19.3. The van der Waals surface area contributed by atoms with Crippen LogP contribution in [0.4, 0.5) is 0 Å². The lowest BCUT2D eigenvalue weighted by molar-refractivity contribution is 0.389. The molecule has 3 heteroatoms. The molecular formula is C63H87Br3. The molecule has 0 atom stereocenters. The number of fused-ring (bicyclic) bond motifs is 12. The van der Waals surface area contributed by atoms with Gasteiger partial charge in [0.05, 0.1) is 0 Å². The van der Waals surface area contributed by atoms with Crippen LogP contribution in [0.15, 0.2) is 68.0 Å². The number of benzene rings is 4. The standard InChI is InChI=1S/C63H87Br3/c1-7-13-19-25-37-61(38-26-20-14-8-2)52-34-31-46(64)43-49(52)55-58(61)56-50-44-47(65)32-35-53(50)62(39-27-21-15-9-3,40-28-22-16-10-4)60(56)57-51-45-48(66)33-36-54(51)63(59(55)57,41-29-23-17-11-5)42-30-24-18-12-6/h31-36,43-45H,7-30,37-42H2,1-6H3. The third-order valence-electron chi connectivity index (χ3n) is 17.0. The third-order valence-corrected chi connectivity index (χ3v) is 18.5. The average Bonchev–Trinajstić information content (AvgIpc) is 3.85. The quantitative estimate of drug-likeness (QED) is 0.0457. The summed E-state index contributed by atoms with van der Waals surface area (Å²) >= 11 is 12.5. The van der Waals surface area contributed by atoms with Gasteiger partial charge in [0, 0.05) is 29.7 Å². The van der Waals surface area contributed by atoms with Crippen LogP contribution in [0.25, 0.3) is 33.4 Å². The number of rotatable bonds is 30. The molecule has 7 rings (SSSR count). The number of unbranched alkanes of at least 4 members (excludes halogenated alkanes) is 18. The first-order valence-electron chi connectivity index (χ1n) is 27.9. The van der Waals surface area contributed by atoms with Gasteiger partial charge in [0.1, 0.15) is 0 Å². The van der Waals surface area contributed by atoms with Gasteiger partial charge >= 0.3 is 0 Å². The fourth-order valence-electron chi connectivity index (χ4n) is 13.9. The Morgan fingerprint density at radius 2 is 0.500 bits per heavy atom. The van der Waals surface area contributed by atoms with Crippen LogP contribution >= 0.6 is 47.8 Å². The van der Waals surface area contributed by atoms with Crippen molar-refractivity contribution in [3.05, 3.63) is 101 Å². The van der Waals surface area contributed by atoms with Crippen LogP contribution in [0.2, 0.25) is 0 Å².